The number of hydrogen-bond acceptors (Lipinski definition) is 7. The summed E-state index contributed by atoms with van der Waals surface area (Å²) in [6.07, 6.45) is -3.17. The number of pyridine rings is 1. The molecule has 198 valence electrons. The summed E-state index contributed by atoms with van der Waals surface area (Å²) < 4.78 is 60.6. The van der Waals surface area contributed by atoms with E-state index in [9.17, 15) is 17.6 Å². The number of aryl methyl sites for hydroxylation is 1. The number of ether oxygens (including phenoxy) is 1. The standard InChI is InChI=1S/C26H25F4N7O/c1-17-5-6-18(16-20(17)27)21-22(31-2)24(34-25(33-21)37-12-14-38-15-13-37)36-10-8-35(9-11-36)23-19(26(28,29)30)4-3-7-32-23/h3-7,16H,8-15H2,1H3. The lowest BCUT2D eigenvalue weighted by molar-refractivity contribution is -0.137. The first-order valence-electron chi connectivity index (χ1n) is 12.2. The van der Waals surface area contributed by atoms with Crippen LogP contribution in [0.1, 0.15) is 11.1 Å². The number of aromatic nitrogens is 3. The number of anilines is 3. The van der Waals surface area contributed by atoms with Crippen LogP contribution in [0.15, 0.2) is 36.5 Å². The summed E-state index contributed by atoms with van der Waals surface area (Å²) in [4.78, 5) is 22.6. The van der Waals surface area contributed by atoms with Gasteiger partial charge in [-0.3, -0.25) is 0 Å². The molecule has 0 radical (unpaired) electrons. The number of hydrogen-bond donors (Lipinski definition) is 0. The lowest BCUT2D eigenvalue weighted by Gasteiger charge is -2.38. The molecule has 0 atom stereocenters. The Labute approximate surface area is 217 Å². The average Bonchev–Trinajstić information content (AvgIpc) is 2.94. The summed E-state index contributed by atoms with van der Waals surface area (Å²) >= 11 is 0. The predicted octanol–water partition coefficient (Wildman–Crippen LogP) is 4.72. The molecule has 0 aliphatic carbocycles. The highest BCUT2D eigenvalue weighted by Gasteiger charge is 2.36. The smallest absolute Gasteiger partial charge is 0.378 e. The van der Waals surface area contributed by atoms with Crippen LogP contribution in [-0.4, -0.2) is 67.4 Å². The van der Waals surface area contributed by atoms with Gasteiger partial charge in [-0.25, -0.2) is 24.2 Å². The van der Waals surface area contributed by atoms with Crippen molar-refractivity contribution < 1.29 is 22.3 Å². The summed E-state index contributed by atoms with van der Waals surface area (Å²) in [5, 5.41) is 0. The van der Waals surface area contributed by atoms with Crippen LogP contribution in [0, 0.1) is 19.3 Å². The highest BCUT2D eigenvalue weighted by atomic mass is 19.4. The van der Waals surface area contributed by atoms with Crippen LogP contribution in [-0.2, 0) is 10.9 Å². The van der Waals surface area contributed by atoms with Crippen LogP contribution < -0.4 is 14.7 Å². The summed E-state index contributed by atoms with van der Waals surface area (Å²) in [7, 11) is 0. The molecular formula is C26H25F4N7O. The van der Waals surface area contributed by atoms with Crippen LogP contribution >= 0.6 is 0 Å². The van der Waals surface area contributed by atoms with Crippen molar-refractivity contribution in [2.24, 2.45) is 0 Å². The van der Waals surface area contributed by atoms with Crippen LogP contribution in [0.2, 0.25) is 0 Å². The molecule has 3 aromatic rings. The Morgan fingerprint density at radius 3 is 2.24 bits per heavy atom. The fourth-order valence-corrected chi connectivity index (χ4v) is 4.60. The molecule has 0 unspecified atom stereocenters. The van der Waals surface area contributed by atoms with Crippen molar-refractivity contribution in [1.82, 2.24) is 15.0 Å². The van der Waals surface area contributed by atoms with Gasteiger partial charge in [0.1, 0.15) is 17.5 Å². The molecular weight excluding hydrogens is 502 g/mol. The van der Waals surface area contributed by atoms with Crippen molar-refractivity contribution in [1.29, 1.82) is 0 Å². The van der Waals surface area contributed by atoms with Crippen molar-refractivity contribution in [2.45, 2.75) is 13.1 Å². The lowest BCUT2D eigenvalue weighted by atomic mass is 10.1. The van der Waals surface area contributed by atoms with Gasteiger partial charge in [-0.1, -0.05) is 12.1 Å². The summed E-state index contributed by atoms with van der Waals surface area (Å²) in [5.41, 5.74) is 0.643. The van der Waals surface area contributed by atoms with Crippen LogP contribution in [0.5, 0.6) is 0 Å². The summed E-state index contributed by atoms with van der Waals surface area (Å²) in [5.74, 6) is 0.260. The number of morpholine rings is 1. The van der Waals surface area contributed by atoms with Crippen molar-refractivity contribution in [3.8, 4) is 11.3 Å². The van der Waals surface area contributed by atoms with Crippen molar-refractivity contribution in [3.63, 3.8) is 0 Å². The van der Waals surface area contributed by atoms with Gasteiger partial charge in [-0.2, -0.15) is 13.2 Å². The van der Waals surface area contributed by atoms with E-state index in [4.69, 9.17) is 16.3 Å². The van der Waals surface area contributed by atoms with Crippen molar-refractivity contribution in [3.05, 3.63) is 64.9 Å². The van der Waals surface area contributed by atoms with Gasteiger partial charge in [-0.15, -0.1) is 0 Å². The molecule has 2 aromatic heterocycles. The Morgan fingerprint density at radius 1 is 0.921 bits per heavy atom. The van der Waals surface area contributed by atoms with E-state index in [0.29, 0.717) is 68.0 Å². The monoisotopic (exact) mass is 527 g/mol. The Morgan fingerprint density at radius 2 is 1.61 bits per heavy atom. The maximum absolute atomic E-state index is 14.5. The maximum atomic E-state index is 14.5. The highest BCUT2D eigenvalue weighted by molar-refractivity contribution is 5.85. The Balaban J connectivity index is 1.51. The second-order valence-corrected chi connectivity index (χ2v) is 9.07. The zero-order valence-corrected chi connectivity index (χ0v) is 20.7. The first kappa shape index (κ1) is 25.7. The molecule has 0 saturated carbocycles. The Hall–Kier alpha value is -3.98. The topological polar surface area (TPSA) is 62.0 Å². The molecule has 2 fully saturated rings. The zero-order valence-electron chi connectivity index (χ0n) is 20.7. The molecule has 0 N–H and O–H groups in total. The molecule has 1 aromatic carbocycles. The number of alkyl halides is 3. The largest absolute Gasteiger partial charge is 0.419 e. The third-order valence-electron chi connectivity index (χ3n) is 6.68. The number of nitrogens with zero attached hydrogens (tertiary/aromatic N) is 7. The molecule has 38 heavy (non-hydrogen) atoms. The van der Waals surface area contributed by atoms with Gasteiger partial charge < -0.3 is 19.4 Å². The SMILES string of the molecule is [C-]#[N+]c1c(-c2ccc(C)c(F)c2)nc(N2CCOCC2)nc1N1CCN(c2ncccc2C(F)(F)F)CC1. The van der Waals surface area contributed by atoms with Gasteiger partial charge in [0.15, 0.2) is 0 Å². The van der Waals surface area contributed by atoms with E-state index in [1.54, 1.807) is 24.0 Å². The number of rotatable bonds is 4. The minimum Gasteiger partial charge on any atom is -0.378 e. The molecule has 12 heteroatoms. The molecule has 0 bridgehead atoms. The predicted molar refractivity (Wildman–Crippen MR) is 135 cm³/mol. The fourth-order valence-electron chi connectivity index (χ4n) is 4.60. The molecule has 2 saturated heterocycles. The molecule has 5 rings (SSSR count). The molecule has 8 nitrogen and oxygen atoms in total. The van der Waals surface area contributed by atoms with Gasteiger partial charge in [0.25, 0.3) is 5.69 Å². The van der Waals surface area contributed by atoms with E-state index in [2.05, 4.69) is 14.8 Å². The zero-order chi connectivity index (χ0) is 26.9. The quantitative estimate of drug-likeness (QED) is 0.360. The van der Waals surface area contributed by atoms with E-state index in [1.165, 1.54) is 18.3 Å². The average molecular weight is 528 g/mol. The Kier molecular flexibility index (Phi) is 7.03. The van der Waals surface area contributed by atoms with Gasteiger partial charge in [0.2, 0.25) is 5.95 Å². The summed E-state index contributed by atoms with van der Waals surface area (Å²) in [6.45, 7) is 12.8. The molecule has 0 amide bonds. The van der Waals surface area contributed by atoms with Crippen molar-refractivity contribution in [2.75, 3.05) is 67.2 Å². The number of piperazine rings is 1. The van der Waals surface area contributed by atoms with Crippen LogP contribution in [0.25, 0.3) is 16.1 Å². The van der Waals surface area contributed by atoms with Gasteiger partial charge in [0, 0.05) is 45.5 Å². The summed E-state index contributed by atoms with van der Waals surface area (Å²) in [6, 6.07) is 7.02. The van der Waals surface area contributed by atoms with Crippen LogP contribution in [0.4, 0.5) is 40.8 Å². The molecule has 4 heterocycles. The van der Waals surface area contributed by atoms with Gasteiger partial charge in [-0.05, 0) is 36.2 Å². The number of halogens is 4. The van der Waals surface area contributed by atoms with E-state index >= 15 is 0 Å². The lowest BCUT2D eigenvalue weighted by Crippen LogP contribution is -2.48. The maximum Gasteiger partial charge on any atom is 0.419 e. The van der Waals surface area contributed by atoms with E-state index in [0.717, 1.165) is 6.07 Å². The normalized spacial score (nSPS) is 16.5. The molecule has 0 spiro atoms. The Bertz CT molecular complexity index is 1360. The number of benzene rings is 1. The van der Waals surface area contributed by atoms with Gasteiger partial charge >= 0.3 is 6.18 Å². The minimum absolute atomic E-state index is 0.113. The highest BCUT2D eigenvalue weighted by Crippen LogP contribution is 2.40. The first-order chi connectivity index (χ1) is 18.3. The third-order valence-corrected chi connectivity index (χ3v) is 6.68. The van der Waals surface area contributed by atoms with Crippen molar-refractivity contribution >= 4 is 23.3 Å². The molecule has 2 aliphatic rings. The van der Waals surface area contributed by atoms with Gasteiger partial charge in [0.05, 0.1) is 31.0 Å². The van der Waals surface area contributed by atoms with E-state index in [-0.39, 0.29) is 24.6 Å². The second kappa shape index (κ2) is 10.4. The van der Waals surface area contributed by atoms with Crippen LogP contribution in [0.3, 0.4) is 0 Å². The van der Waals surface area contributed by atoms with E-state index in [1.807, 2.05) is 9.80 Å². The molecule has 2 aliphatic heterocycles. The third kappa shape index (κ3) is 5.06. The first-order valence-corrected chi connectivity index (χ1v) is 12.2. The fraction of sp³-hybridized carbons (Fsp3) is 0.385. The second-order valence-electron chi connectivity index (χ2n) is 9.07. The van der Waals surface area contributed by atoms with E-state index < -0.39 is 17.6 Å². The minimum atomic E-state index is -4.52.